The Bertz CT molecular complexity index is 292. The summed E-state index contributed by atoms with van der Waals surface area (Å²) in [4.78, 5) is 0. The third kappa shape index (κ3) is 2.51. The van der Waals surface area contributed by atoms with Gasteiger partial charge in [-0.25, -0.2) is 0 Å². The minimum Gasteiger partial charge on any atom is -0.508 e. The highest BCUT2D eigenvalue weighted by Gasteiger charge is 2.03. The summed E-state index contributed by atoms with van der Waals surface area (Å²) in [5.74, 6) is 0.739. The molecule has 0 aliphatic rings. The number of aliphatic hydroxyl groups is 1. The lowest BCUT2D eigenvalue weighted by molar-refractivity contribution is 0.315. The van der Waals surface area contributed by atoms with E-state index in [0.717, 1.165) is 6.42 Å². The molecular weight excluding hydrogens is 164 g/mol. The van der Waals surface area contributed by atoms with Gasteiger partial charge in [0.05, 0.1) is 12.2 Å². The number of hydrogen-bond donors (Lipinski definition) is 1. The number of para-hydroxylation sites is 1. The second-order valence-corrected chi connectivity index (χ2v) is 2.79. The van der Waals surface area contributed by atoms with Gasteiger partial charge in [-0.05, 0) is 18.6 Å². The van der Waals surface area contributed by atoms with Gasteiger partial charge in [0, 0.05) is 0 Å². The van der Waals surface area contributed by atoms with Crippen molar-refractivity contribution in [3.8, 4) is 5.75 Å². The molecule has 0 bridgehead atoms. The predicted octanol–water partition coefficient (Wildman–Crippen LogP) is 3.00. The molecule has 1 N–H and O–H groups in total. The fourth-order valence-electron chi connectivity index (χ4n) is 1.04. The van der Waals surface area contributed by atoms with Gasteiger partial charge in [0.1, 0.15) is 11.5 Å². The van der Waals surface area contributed by atoms with E-state index in [2.05, 4.69) is 6.58 Å². The Labute approximate surface area is 78.5 Å². The van der Waals surface area contributed by atoms with Crippen LogP contribution in [0, 0.1) is 0 Å². The standard InChI is InChI=1S/C11H14O2/c1-3-8-13-11-7-5-4-6-10(11)9(2)12/h4-7,12H,2-3,8H2,1H3. The van der Waals surface area contributed by atoms with E-state index in [1.807, 2.05) is 25.1 Å². The molecule has 0 heterocycles. The molecule has 1 rings (SSSR count). The lowest BCUT2D eigenvalue weighted by Crippen LogP contribution is -1.97. The molecule has 0 aliphatic heterocycles. The predicted molar refractivity (Wildman–Crippen MR) is 53.9 cm³/mol. The molecule has 70 valence electrons. The van der Waals surface area contributed by atoms with Crippen molar-refractivity contribution in [3.05, 3.63) is 36.4 Å². The van der Waals surface area contributed by atoms with E-state index < -0.39 is 0 Å². The van der Waals surface area contributed by atoms with Gasteiger partial charge in [0.25, 0.3) is 0 Å². The van der Waals surface area contributed by atoms with Crippen LogP contribution in [0.5, 0.6) is 5.75 Å². The lowest BCUT2D eigenvalue weighted by Gasteiger charge is -2.08. The van der Waals surface area contributed by atoms with E-state index in [9.17, 15) is 5.11 Å². The van der Waals surface area contributed by atoms with Crippen molar-refractivity contribution in [1.82, 2.24) is 0 Å². The van der Waals surface area contributed by atoms with E-state index in [-0.39, 0.29) is 5.76 Å². The minimum atomic E-state index is 0.0479. The zero-order valence-corrected chi connectivity index (χ0v) is 7.79. The van der Waals surface area contributed by atoms with Crippen LogP contribution in [-0.4, -0.2) is 11.7 Å². The maximum atomic E-state index is 9.23. The topological polar surface area (TPSA) is 29.5 Å². The first-order valence-electron chi connectivity index (χ1n) is 4.35. The van der Waals surface area contributed by atoms with Gasteiger partial charge in [0.15, 0.2) is 0 Å². The van der Waals surface area contributed by atoms with E-state index in [1.165, 1.54) is 0 Å². The third-order valence-electron chi connectivity index (χ3n) is 1.66. The van der Waals surface area contributed by atoms with Crippen molar-refractivity contribution in [2.45, 2.75) is 13.3 Å². The Morgan fingerprint density at radius 3 is 2.77 bits per heavy atom. The van der Waals surface area contributed by atoms with Gasteiger partial charge in [-0.15, -0.1) is 0 Å². The number of rotatable bonds is 4. The van der Waals surface area contributed by atoms with Crippen LogP contribution in [0.1, 0.15) is 18.9 Å². The van der Waals surface area contributed by atoms with E-state index in [0.29, 0.717) is 17.9 Å². The van der Waals surface area contributed by atoms with Crippen molar-refractivity contribution in [3.63, 3.8) is 0 Å². The summed E-state index contributed by atoms with van der Waals surface area (Å²) >= 11 is 0. The van der Waals surface area contributed by atoms with Gasteiger partial charge in [-0.1, -0.05) is 25.6 Å². The first-order valence-corrected chi connectivity index (χ1v) is 4.35. The van der Waals surface area contributed by atoms with E-state index >= 15 is 0 Å². The molecule has 0 saturated heterocycles. The molecule has 0 atom stereocenters. The first-order chi connectivity index (χ1) is 6.25. The van der Waals surface area contributed by atoms with Crippen LogP contribution in [0.2, 0.25) is 0 Å². The van der Waals surface area contributed by atoms with Gasteiger partial charge in [0.2, 0.25) is 0 Å². The van der Waals surface area contributed by atoms with E-state index in [4.69, 9.17) is 4.74 Å². The van der Waals surface area contributed by atoms with Crippen LogP contribution < -0.4 is 4.74 Å². The summed E-state index contributed by atoms with van der Waals surface area (Å²) in [5, 5.41) is 9.23. The van der Waals surface area contributed by atoms with Crippen molar-refractivity contribution < 1.29 is 9.84 Å². The Morgan fingerprint density at radius 2 is 2.15 bits per heavy atom. The molecular formula is C11H14O2. The smallest absolute Gasteiger partial charge is 0.130 e. The van der Waals surface area contributed by atoms with Crippen LogP contribution in [-0.2, 0) is 0 Å². The molecule has 0 radical (unpaired) electrons. The Kier molecular flexibility index (Phi) is 3.38. The number of benzene rings is 1. The summed E-state index contributed by atoms with van der Waals surface area (Å²) in [6, 6.07) is 7.33. The van der Waals surface area contributed by atoms with Crippen molar-refractivity contribution in [2.75, 3.05) is 6.61 Å². The van der Waals surface area contributed by atoms with Crippen LogP contribution in [0.15, 0.2) is 30.8 Å². The molecule has 1 aromatic rings. The minimum absolute atomic E-state index is 0.0479. The van der Waals surface area contributed by atoms with Crippen LogP contribution in [0.4, 0.5) is 0 Å². The summed E-state index contributed by atoms with van der Waals surface area (Å²) in [6.07, 6.45) is 0.951. The van der Waals surface area contributed by atoms with Crippen LogP contribution >= 0.6 is 0 Å². The van der Waals surface area contributed by atoms with Gasteiger partial charge < -0.3 is 9.84 Å². The molecule has 2 nitrogen and oxygen atoms in total. The SMILES string of the molecule is C=C(O)c1ccccc1OCCC. The molecule has 0 unspecified atom stereocenters. The largest absolute Gasteiger partial charge is 0.508 e. The molecule has 0 aliphatic carbocycles. The highest BCUT2D eigenvalue weighted by molar-refractivity contribution is 5.62. The summed E-state index contributed by atoms with van der Waals surface area (Å²) in [5.41, 5.74) is 0.663. The second kappa shape index (κ2) is 4.55. The lowest BCUT2D eigenvalue weighted by atomic mass is 10.2. The summed E-state index contributed by atoms with van der Waals surface area (Å²) in [7, 11) is 0. The third-order valence-corrected chi connectivity index (χ3v) is 1.66. The van der Waals surface area contributed by atoms with Gasteiger partial charge in [-0.3, -0.25) is 0 Å². The normalized spacial score (nSPS) is 9.62. The molecule has 0 amide bonds. The number of aliphatic hydroxyl groups excluding tert-OH is 1. The van der Waals surface area contributed by atoms with E-state index in [1.54, 1.807) is 6.07 Å². The molecule has 0 spiro atoms. The van der Waals surface area contributed by atoms with Crippen molar-refractivity contribution in [2.24, 2.45) is 0 Å². The fourth-order valence-corrected chi connectivity index (χ4v) is 1.04. The Balaban J connectivity index is 2.84. The Morgan fingerprint density at radius 1 is 1.46 bits per heavy atom. The highest BCUT2D eigenvalue weighted by Crippen LogP contribution is 2.22. The van der Waals surface area contributed by atoms with Crippen LogP contribution in [0.3, 0.4) is 0 Å². The number of ether oxygens (including phenoxy) is 1. The molecule has 0 saturated carbocycles. The summed E-state index contributed by atoms with van der Waals surface area (Å²) < 4.78 is 5.43. The molecule has 0 fully saturated rings. The zero-order valence-electron chi connectivity index (χ0n) is 7.79. The molecule has 2 heteroatoms. The first kappa shape index (κ1) is 9.65. The second-order valence-electron chi connectivity index (χ2n) is 2.79. The maximum absolute atomic E-state index is 9.23. The average Bonchev–Trinajstić information content (AvgIpc) is 2.15. The van der Waals surface area contributed by atoms with Gasteiger partial charge in [-0.2, -0.15) is 0 Å². The molecule has 0 aromatic heterocycles. The maximum Gasteiger partial charge on any atom is 0.130 e. The molecule has 1 aromatic carbocycles. The number of hydrogen-bond acceptors (Lipinski definition) is 2. The Hall–Kier alpha value is -1.44. The monoisotopic (exact) mass is 178 g/mol. The fraction of sp³-hybridized carbons (Fsp3) is 0.273. The van der Waals surface area contributed by atoms with Crippen molar-refractivity contribution >= 4 is 5.76 Å². The summed E-state index contributed by atoms with van der Waals surface area (Å²) in [6.45, 7) is 6.16. The van der Waals surface area contributed by atoms with Crippen LogP contribution in [0.25, 0.3) is 5.76 Å². The zero-order chi connectivity index (χ0) is 9.68. The average molecular weight is 178 g/mol. The van der Waals surface area contributed by atoms with Gasteiger partial charge >= 0.3 is 0 Å². The quantitative estimate of drug-likeness (QED) is 0.718. The highest BCUT2D eigenvalue weighted by atomic mass is 16.5. The molecule has 13 heavy (non-hydrogen) atoms. The van der Waals surface area contributed by atoms with Crippen molar-refractivity contribution in [1.29, 1.82) is 0 Å².